The van der Waals surface area contributed by atoms with E-state index < -0.39 is 0 Å². The second-order valence-corrected chi connectivity index (χ2v) is 6.77. The number of ether oxygens (including phenoxy) is 1. The molecule has 2 nitrogen and oxygen atoms in total. The van der Waals surface area contributed by atoms with E-state index in [2.05, 4.69) is 0 Å². The Morgan fingerprint density at radius 1 is 1.26 bits per heavy atom. The monoisotopic (exact) mass is 334 g/mol. The molecule has 1 atom stereocenters. The third-order valence-corrected chi connectivity index (χ3v) is 4.93. The second-order valence-electron chi connectivity index (χ2n) is 6.36. The number of aromatic hydroxyl groups is 1. The molecule has 122 valence electrons. The lowest BCUT2D eigenvalue weighted by atomic mass is 9.89. The van der Waals surface area contributed by atoms with Gasteiger partial charge in [0.2, 0.25) is 0 Å². The van der Waals surface area contributed by atoms with Gasteiger partial charge in [-0.15, -0.1) is 0 Å². The zero-order chi connectivity index (χ0) is 16.7. The molecule has 3 rings (SSSR count). The predicted octanol–water partition coefficient (Wildman–Crippen LogP) is 5.39. The molecule has 0 aliphatic heterocycles. The van der Waals surface area contributed by atoms with Crippen LogP contribution in [-0.4, -0.2) is 12.2 Å². The fourth-order valence-electron chi connectivity index (χ4n) is 3.44. The summed E-state index contributed by atoms with van der Waals surface area (Å²) in [6, 6.07) is 6.76. The summed E-state index contributed by atoms with van der Waals surface area (Å²) < 4.78 is 19.7. The van der Waals surface area contributed by atoms with Crippen molar-refractivity contribution in [2.24, 2.45) is 0 Å². The Labute approximate surface area is 140 Å². The smallest absolute Gasteiger partial charge is 0.130 e. The highest BCUT2D eigenvalue weighted by Crippen LogP contribution is 2.45. The molecule has 0 heterocycles. The summed E-state index contributed by atoms with van der Waals surface area (Å²) in [7, 11) is 1.61. The van der Waals surface area contributed by atoms with Crippen molar-refractivity contribution in [3.63, 3.8) is 0 Å². The summed E-state index contributed by atoms with van der Waals surface area (Å²) >= 11 is 6.43. The van der Waals surface area contributed by atoms with Gasteiger partial charge in [0.25, 0.3) is 0 Å². The van der Waals surface area contributed by atoms with E-state index in [1.54, 1.807) is 19.2 Å². The topological polar surface area (TPSA) is 29.5 Å². The molecule has 0 aromatic heterocycles. The van der Waals surface area contributed by atoms with Gasteiger partial charge in [-0.05, 0) is 59.2 Å². The highest BCUT2D eigenvalue weighted by molar-refractivity contribution is 6.31. The molecule has 1 N–H and O–H groups in total. The Kier molecular flexibility index (Phi) is 4.24. The lowest BCUT2D eigenvalue weighted by molar-refractivity contribution is 0.414. The fourth-order valence-corrected chi connectivity index (χ4v) is 3.80. The molecule has 2 aromatic carbocycles. The van der Waals surface area contributed by atoms with Crippen LogP contribution in [0.25, 0.3) is 0 Å². The van der Waals surface area contributed by atoms with Crippen molar-refractivity contribution < 1.29 is 14.2 Å². The van der Waals surface area contributed by atoms with Crippen LogP contribution in [0, 0.1) is 5.82 Å². The average Bonchev–Trinajstić information content (AvgIpc) is 2.91. The van der Waals surface area contributed by atoms with Crippen molar-refractivity contribution in [1.29, 1.82) is 0 Å². The maximum Gasteiger partial charge on any atom is 0.130 e. The fraction of sp³-hybridized carbons (Fsp3) is 0.368. The van der Waals surface area contributed by atoms with Crippen molar-refractivity contribution >= 4 is 11.6 Å². The lowest BCUT2D eigenvalue weighted by Gasteiger charge is -2.18. The van der Waals surface area contributed by atoms with Crippen LogP contribution in [0.3, 0.4) is 0 Å². The van der Waals surface area contributed by atoms with Crippen molar-refractivity contribution in [2.75, 3.05) is 7.11 Å². The van der Waals surface area contributed by atoms with Gasteiger partial charge in [-0.25, -0.2) is 4.39 Å². The molecule has 0 saturated carbocycles. The van der Waals surface area contributed by atoms with E-state index >= 15 is 0 Å². The van der Waals surface area contributed by atoms with Gasteiger partial charge in [0, 0.05) is 17.0 Å². The first-order valence-electron chi connectivity index (χ1n) is 7.81. The first-order valence-corrected chi connectivity index (χ1v) is 8.18. The molecule has 0 radical (unpaired) electrons. The summed E-state index contributed by atoms with van der Waals surface area (Å²) in [5.74, 6) is 0.406. The van der Waals surface area contributed by atoms with Crippen LogP contribution < -0.4 is 4.74 Å². The summed E-state index contributed by atoms with van der Waals surface area (Å²) in [6.07, 6.45) is 1.65. The minimum Gasteiger partial charge on any atom is -0.508 e. The standard InChI is InChI=1S/C19H20ClFO2/c1-10(2)14-8-15(17(21)9-18(14)22)13-5-4-11-6-12(23-3)7-16(20)19(11)13/h6-10,13,22H,4-5H2,1-3H3/t13-/m1/s1. The van der Waals surface area contributed by atoms with Gasteiger partial charge in [-0.1, -0.05) is 25.4 Å². The molecule has 23 heavy (non-hydrogen) atoms. The van der Waals surface area contributed by atoms with Gasteiger partial charge >= 0.3 is 0 Å². The highest BCUT2D eigenvalue weighted by atomic mass is 35.5. The van der Waals surface area contributed by atoms with Gasteiger partial charge in [0.15, 0.2) is 0 Å². The number of benzene rings is 2. The van der Waals surface area contributed by atoms with E-state index in [0.29, 0.717) is 10.6 Å². The Morgan fingerprint density at radius 2 is 2.00 bits per heavy atom. The molecule has 1 aliphatic rings. The van der Waals surface area contributed by atoms with Crippen LogP contribution in [0.4, 0.5) is 4.39 Å². The van der Waals surface area contributed by atoms with Gasteiger partial charge in [-0.3, -0.25) is 0 Å². The third-order valence-electron chi connectivity index (χ3n) is 4.62. The molecule has 2 aromatic rings. The van der Waals surface area contributed by atoms with Crippen LogP contribution in [0.5, 0.6) is 11.5 Å². The molecule has 0 saturated heterocycles. The van der Waals surface area contributed by atoms with Crippen molar-refractivity contribution in [1.82, 2.24) is 0 Å². The summed E-state index contributed by atoms with van der Waals surface area (Å²) in [4.78, 5) is 0. The van der Waals surface area contributed by atoms with Crippen LogP contribution in [0.1, 0.15) is 54.4 Å². The summed E-state index contributed by atoms with van der Waals surface area (Å²) in [5, 5.41) is 10.6. The van der Waals surface area contributed by atoms with E-state index in [0.717, 1.165) is 35.3 Å². The average molecular weight is 335 g/mol. The normalized spacial score (nSPS) is 16.7. The van der Waals surface area contributed by atoms with E-state index in [1.807, 2.05) is 19.9 Å². The molecule has 1 aliphatic carbocycles. The number of hydrogen-bond donors (Lipinski definition) is 1. The van der Waals surface area contributed by atoms with E-state index in [4.69, 9.17) is 16.3 Å². The number of aryl methyl sites for hydroxylation is 1. The van der Waals surface area contributed by atoms with Crippen LogP contribution >= 0.6 is 11.6 Å². The highest BCUT2D eigenvalue weighted by Gasteiger charge is 2.30. The SMILES string of the molecule is COc1cc(Cl)c2c(c1)CC[C@@H]2c1cc(C(C)C)c(O)cc1F. The molecule has 0 amide bonds. The Morgan fingerprint density at radius 3 is 2.65 bits per heavy atom. The zero-order valence-corrected chi connectivity index (χ0v) is 14.2. The van der Waals surface area contributed by atoms with Gasteiger partial charge < -0.3 is 9.84 Å². The summed E-state index contributed by atoms with van der Waals surface area (Å²) in [6.45, 7) is 3.97. The molecular formula is C19H20ClFO2. The summed E-state index contributed by atoms with van der Waals surface area (Å²) in [5.41, 5.74) is 3.46. The quantitative estimate of drug-likeness (QED) is 0.814. The van der Waals surface area contributed by atoms with E-state index in [1.165, 1.54) is 6.07 Å². The largest absolute Gasteiger partial charge is 0.508 e. The predicted molar refractivity (Wildman–Crippen MR) is 90.3 cm³/mol. The first kappa shape index (κ1) is 16.1. The van der Waals surface area contributed by atoms with E-state index in [-0.39, 0.29) is 23.4 Å². The maximum absolute atomic E-state index is 14.5. The Bertz CT molecular complexity index is 756. The van der Waals surface area contributed by atoms with Crippen molar-refractivity contribution in [3.05, 3.63) is 57.4 Å². The molecule has 0 unspecified atom stereocenters. The van der Waals surface area contributed by atoms with E-state index in [9.17, 15) is 9.50 Å². The van der Waals surface area contributed by atoms with Gasteiger partial charge in [-0.2, -0.15) is 0 Å². The number of halogens is 2. The first-order chi connectivity index (χ1) is 10.9. The van der Waals surface area contributed by atoms with Crippen LogP contribution in [-0.2, 0) is 6.42 Å². The third kappa shape index (κ3) is 2.78. The number of fused-ring (bicyclic) bond motifs is 1. The Hall–Kier alpha value is -1.74. The Balaban J connectivity index is 2.12. The lowest BCUT2D eigenvalue weighted by Crippen LogP contribution is -2.03. The molecule has 0 bridgehead atoms. The molecule has 0 spiro atoms. The number of hydrogen-bond acceptors (Lipinski definition) is 2. The zero-order valence-electron chi connectivity index (χ0n) is 13.5. The maximum atomic E-state index is 14.5. The minimum atomic E-state index is -0.378. The van der Waals surface area contributed by atoms with Gasteiger partial charge in [0.1, 0.15) is 17.3 Å². The number of methoxy groups -OCH3 is 1. The second kappa shape index (κ2) is 6.04. The minimum absolute atomic E-state index is 0.0142. The van der Waals surface area contributed by atoms with Gasteiger partial charge in [0.05, 0.1) is 7.11 Å². The van der Waals surface area contributed by atoms with Crippen LogP contribution in [0.2, 0.25) is 5.02 Å². The molecule has 0 fully saturated rings. The number of rotatable bonds is 3. The van der Waals surface area contributed by atoms with Crippen molar-refractivity contribution in [2.45, 2.75) is 38.5 Å². The number of phenols is 1. The molecular weight excluding hydrogens is 315 g/mol. The molecule has 4 heteroatoms. The van der Waals surface area contributed by atoms with Crippen LogP contribution in [0.15, 0.2) is 24.3 Å². The van der Waals surface area contributed by atoms with Crippen molar-refractivity contribution in [3.8, 4) is 11.5 Å². The number of phenolic OH excluding ortho intramolecular Hbond substituents is 1.